The first-order valence-electron chi connectivity index (χ1n) is 14.1. The zero-order valence-corrected chi connectivity index (χ0v) is 22.4. The molecule has 5 rings (SSSR count). The zero-order chi connectivity index (χ0) is 22.7. The van der Waals surface area contributed by atoms with E-state index in [2.05, 4.69) is 39.9 Å². The number of rotatable bonds is 5. The molecule has 0 aromatic rings. The topological polar surface area (TPSA) is 29.1 Å². The van der Waals surface area contributed by atoms with Crippen molar-refractivity contribution >= 4 is 17.5 Å². The van der Waals surface area contributed by atoms with E-state index in [-0.39, 0.29) is 10.3 Å². The molecule has 3 heteroatoms. The van der Waals surface area contributed by atoms with Crippen LogP contribution in [0.25, 0.3) is 0 Å². The lowest BCUT2D eigenvalue weighted by molar-refractivity contribution is -0.153. The van der Waals surface area contributed by atoms with Gasteiger partial charge in [-0.05, 0) is 97.7 Å². The molecule has 182 valence electrons. The Kier molecular flexibility index (Phi) is 6.35. The summed E-state index contributed by atoms with van der Waals surface area (Å²) in [6, 6.07) is 0. The van der Waals surface area contributed by atoms with Crippen molar-refractivity contribution in [2.45, 2.75) is 110 Å². The summed E-state index contributed by atoms with van der Waals surface area (Å²) in [5, 5.41) is 3.64. The summed E-state index contributed by atoms with van der Waals surface area (Å²) in [5.41, 5.74) is 0.822. The molecular weight excluding hydrogens is 410 g/mol. The molecule has 4 saturated carbocycles. The van der Waals surface area contributed by atoms with Gasteiger partial charge in [0, 0.05) is 18.2 Å². The average Bonchev–Trinajstić information content (AvgIpc) is 3.36. The van der Waals surface area contributed by atoms with Gasteiger partial charge < -0.3 is 0 Å². The van der Waals surface area contributed by atoms with Crippen LogP contribution in [-0.4, -0.2) is 23.0 Å². The first-order valence-corrected chi connectivity index (χ1v) is 15.1. The SMILES string of the molecule is CC(C)CCC[C@@H](C)[C@H]1CC[C@H]2[C@@H]3CC[C@@H]4C(=O)[C@@]5(CC[C@]4(C)[C@H]3CC[C@]12C)NCCS5. The fourth-order valence-electron chi connectivity index (χ4n) is 9.97. The molecule has 32 heavy (non-hydrogen) atoms. The van der Waals surface area contributed by atoms with E-state index in [9.17, 15) is 4.79 Å². The Morgan fingerprint density at radius 1 is 0.938 bits per heavy atom. The van der Waals surface area contributed by atoms with Crippen molar-refractivity contribution in [1.82, 2.24) is 5.32 Å². The van der Waals surface area contributed by atoms with Crippen molar-refractivity contribution in [3.63, 3.8) is 0 Å². The Morgan fingerprint density at radius 3 is 2.44 bits per heavy atom. The Hall–Kier alpha value is -0.0200. The highest BCUT2D eigenvalue weighted by Gasteiger charge is 2.64. The number of nitrogens with one attached hydrogen (secondary N) is 1. The van der Waals surface area contributed by atoms with Crippen LogP contribution in [0.2, 0.25) is 0 Å². The molecular formula is C29H49NOS. The minimum atomic E-state index is -0.218. The quantitative estimate of drug-likeness (QED) is 0.467. The predicted molar refractivity (Wildman–Crippen MR) is 137 cm³/mol. The van der Waals surface area contributed by atoms with Crippen molar-refractivity contribution in [2.24, 2.45) is 52.3 Å². The summed E-state index contributed by atoms with van der Waals surface area (Å²) in [4.78, 5) is 13.5. The van der Waals surface area contributed by atoms with E-state index in [4.69, 9.17) is 0 Å². The van der Waals surface area contributed by atoms with Gasteiger partial charge in [0.1, 0.15) is 4.87 Å². The van der Waals surface area contributed by atoms with Crippen LogP contribution in [0.15, 0.2) is 0 Å². The van der Waals surface area contributed by atoms with Crippen LogP contribution < -0.4 is 5.32 Å². The lowest BCUT2D eigenvalue weighted by atomic mass is 9.44. The molecule has 4 aliphatic carbocycles. The van der Waals surface area contributed by atoms with Crippen molar-refractivity contribution in [2.75, 3.05) is 12.3 Å². The summed E-state index contributed by atoms with van der Waals surface area (Å²) in [6.45, 7) is 13.6. The van der Waals surface area contributed by atoms with Crippen molar-refractivity contribution < 1.29 is 4.79 Å². The van der Waals surface area contributed by atoms with E-state index >= 15 is 0 Å². The lowest BCUT2D eigenvalue weighted by Crippen LogP contribution is -2.62. The number of Topliss-reactive ketones (excluding diaryl/α,β-unsaturated/α-hetero) is 1. The van der Waals surface area contributed by atoms with E-state index in [0.717, 1.165) is 54.2 Å². The molecule has 9 atom stereocenters. The molecule has 5 aliphatic rings. The van der Waals surface area contributed by atoms with Crippen LogP contribution in [-0.2, 0) is 4.79 Å². The van der Waals surface area contributed by atoms with E-state index < -0.39 is 0 Å². The van der Waals surface area contributed by atoms with Crippen molar-refractivity contribution in [3.8, 4) is 0 Å². The number of ketones is 1. The summed E-state index contributed by atoms with van der Waals surface area (Å²) in [5.74, 6) is 7.26. The third kappa shape index (κ3) is 3.57. The van der Waals surface area contributed by atoms with Gasteiger partial charge in [0.15, 0.2) is 5.78 Å². The Bertz CT molecular complexity index is 714. The van der Waals surface area contributed by atoms with Gasteiger partial charge in [-0.2, -0.15) is 0 Å². The number of thioether (sulfide) groups is 1. The second-order valence-electron chi connectivity index (χ2n) is 13.5. The molecule has 1 aliphatic heterocycles. The molecule has 0 aromatic carbocycles. The fraction of sp³-hybridized carbons (Fsp3) is 0.966. The maximum atomic E-state index is 13.8. The zero-order valence-electron chi connectivity index (χ0n) is 21.6. The number of carbonyl (C=O) groups excluding carboxylic acids is 1. The van der Waals surface area contributed by atoms with Crippen LogP contribution in [0.1, 0.15) is 105 Å². The van der Waals surface area contributed by atoms with Crippen LogP contribution in [0, 0.1) is 52.3 Å². The minimum absolute atomic E-state index is 0.218. The van der Waals surface area contributed by atoms with Crippen LogP contribution in [0.5, 0.6) is 0 Å². The van der Waals surface area contributed by atoms with Gasteiger partial charge in [-0.25, -0.2) is 0 Å². The number of fused-ring (bicyclic) bond motifs is 5. The van der Waals surface area contributed by atoms with Crippen LogP contribution in [0.4, 0.5) is 0 Å². The van der Waals surface area contributed by atoms with E-state index in [1.165, 1.54) is 64.2 Å². The highest BCUT2D eigenvalue weighted by molar-refractivity contribution is 8.01. The molecule has 1 heterocycles. The molecule has 2 nitrogen and oxygen atoms in total. The van der Waals surface area contributed by atoms with Crippen molar-refractivity contribution in [3.05, 3.63) is 0 Å². The molecule has 0 amide bonds. The third-order valence-electron chi connectivity index (χ3n) is 11.7. The molecule has 1 saturated heterocycles. The average molecular weight is 460 g/mol. The monoisotopic (exact) mass is 459 g/mol. The Labute approximate surface area is 202 Å². The molecule has 5 fully saturated rings. The van der Waals surface area contributed by atoms with Crippen molar-refractivity contribution in [1.29, 1.82) is 0 Å². The molecule has 1 spiro atoms. The Balaban J connectivity index is 1.31. The molecule has 1 N–H and O–H groups in total. The normalized spacial score (nSPS) is 49.2. The number of hydrogen-bond donors (Lipinski definition) is 1. The predicted octanol–water partition coefficient (Wildman–Crippen LogP) is 7.32. The maximum absolute atomic E-state index is 13.8. The molecule has 0 unspecified atom stereocenters. The second kappa shape index (κ2) is 8.58. The van der Waals surface area contributed by atoms with Gasteiger partial charge in [0.25, 0.3) is 0 Å². The lowest BCUT2D eigenvalue weighted by Gasteiger charge is -2.61. The summed E-state index contributed by atoms with van der Waals surface area (Å²) >= 11 is 1.92. The van der Waals surface area contributed by atoms with Gasteiger partial charge in [-0.3, -0.25) is 10.1 Å². The molecule has 0 aromatic heterocycles. The van der Waals surface area contributed by atoms with Gasteiger partial charge >= 0.3 is 0 Å². The largest absolute Gasteiger partial charge is 0.296 e. The second-order valence-corrected chi connectivity index (χ2v) is 14.9. The number of carbonyl (C=O) groups is 1. The van der Waals surface area contributed by atoms with E-state index in [1.54, 1.807) is 0 Å². The van der Waals surface area contributed by atoms with Gasteiger partial charge in [0.05, 0.1) is 0 Å². The highest BCUT2D eigenvalue weighted by atomic mass is 32.2. The maximum Gasteiger partial charge on any atom is 0.166 e. The Morgan fingerprint density at radius 2 is 1.72 bits per heavy atom. The fourth-order valence-corrected chi connectivity index (χ4v) is 11.3. The summed E-state index contributed by atoms with van der Waals surface area (Å²) in [6.07, 6.45) is 14.8. The molecule has 0 radical (unpaired) electrons. The van der Waals surface area contributed by atoms with E-state index in [0.29, 0.717) is 17.1 Å². The van der Waals surface area contributed by atoms with E-state index in [1.807, 2.05) is 11.8 Å². The summed E-state index contributed by atoms with van der Waals surface area (Å²) in [7, 11) is 0. The minimum Gasteiger partial charge on any atom is -0.296 e. The smallest absolute Gasteiger partial charge is 0.166 e. The highest BCUT2D eigenvalue weighted by Crippen LogP contribution is 2.69. The van der Waals surface area contributed by atoms with Gasteiger partial charge in [0.2, 0.25) is 0 Å². The van der Waals surface area contributed by atoms with Gasteiger partial charge in [-0.1, -0.05) is 53.9 Å². The van der Waals surface area contributed by atoms with Gasteiger partial charge in [-0.15, -0.1) is 11.8 Å². The standard InChI is InChI=1S/C29H49NOS/c1-19(2)7-6-8-20(3)22-11-12-23-21-9-10-25-26(31)29(30-17-18-32-29)16-15-28(25,5)24(21)13-14-27(22,23)4/h19-25,30H,6-18H2,1-5H3/t20-,21+,22-,23+,24+,25-,27-,28-,29+/m1/s1. The van der Waals surface area contributed by atoms with Crippen LogP contribution in [0.3, 0.4) is 0 Å². The first kappa shape index (κ1) is 23.7. The first-order chi connectivity index (χ1) is 15.2. The number of hydrogen-bond acceptors (Lipinski definition) is 3. The van der Waals surface area contributed by atoms with Crippen LogP contribution >= 0.6 is 11.8 Å². The molecule has 0 bridgehead atoms. The third-order valence-corrected chi connectivity index (χ3v) is 13.1. The summed E-state index contributed by atoms with van der Waals surface area (Å²) < 4.78 is 0.